The summed E-state index contributed by atoms with van der Waals surface area (Å²) in [5.74, 6) is 0. The molecule has 0 unspecified atom stereocenters. The number of hydrogen-bond acceptors (Lipinski definition) is 0. The molecule has 0 aromatic heterocycles. The summed E-state index contributed by atoms with van der Waals surface area (Å²) in [4.78, 5) is 0. The van der Waals surface area contributed by atoms with Crippen molar-refractivity contribution in [3.05, 3.63) is 0 Å². The van der Waals surface area contributed by atoms with E-state index in [9.17, 15) is 0 Å². The van der Waals surface area contributed by atoms with Crippen molar-refractivity contribution >= 4 is 40.1 Å². The third-order valence-electron chi connectivity index (χ3n) is 0. The molecule has 0 atom stereocenters. The van der Waals surface area contributed by atoms with Crippen molar-refractivity contribution in [1.82, 2.24) is 0 Å². The summed E-state index contributed by atoms with van der Waals surface area (Å²) in [5.41, 5.74) is 0. The molecular weight excluding hydrogens is 339 g/mol. The third-order valence-corrected chi connectivity index (χ3v) is 0. The smallest absolute Gasteiger partial charge is 0 e. The maximum absolute atomic E-state index is 0. The summed E-state index contributed by atoms with van der Waals surface area (Å²) in [6.07, 6.45) is 0. The van der Waals surface area contributed by atoms with Crippen molar-refractivity contribution in [2.45, 2.75) is 0 Å². The molecule has 0 saturated carbocycles. The van der Waals surface area contributed by atoms with Crippen molar-refractivity contribution in [1.29, 1.82) is 0 Å². The van der Waals surface area contributed by atoms with E-state index in [1.54, 1.807) is 0 Å². The normalized spacial score (nSPS) is 0. The molecule has 34 valence electrons. The van der Waals surface area contributed by atoms with E-state index in [0.717, 1.165) is 0 Å². The average Bonchev–Trinajstić information content (AvgIpc) is 0. The molecule has 0 spiro atoms. The Labute approximate surface area is 109 Å². The average molecular weight is 339 g/mol. The molecule has 0 amide bonds. The maximum Gasteiger partial charge on any atom is 0 e. The van der Waals surface area contributed by atoms with E-state index in [1.165, 1.54) is 0 Å². The van der Waals surface area contributed by atoms with Crippen LogP contribution in [0.2, 0.25) is 0 Å². The molecule has 6 radical (unpaired) electrons. The largest absolute Gasteiger partial charge is 0 e. The fourth-order valence-electron chi connectivity index (χ4n) is 0. The van der Waals surface area contributed by atoms with Crippen molar-refractivity contribution in [3.63, 3.8) is 0 Å². The molecule has 0 fully saturated rings. The second-order valence-electron chi connectivity index (χ2n) is 0. The van der Waals surface area contributed by atoms with Crippen LogP contribution in [0.4, 0.5) is 0 Å². The van der Waals surface area contributed by atoms with Crippen LogP contribution in [0.5, 0.6) is 0 Å². The summed E-state index contributed by atoms with van der Waals surface area (Å²) in [7, 11) is 0. The second-order valence-corrected chi connectivity index (χ2v) is 0. The van der Waals surface area contributed by atoms with Crippen LogP contribution in [-0.4, -0.2) is 40.1 Å². The molecule has 0 heterocycles. The van der Waals surface area contributed by atoms with Crippen molar-refractivity contribution < 1.29 is 71.0 Å². The molecule has 0 aliphatic carbocycles. The van der Waals surface area contributed by atoms with Gasteiger partial charge in [-0.15, -0.1) is 0 Å². The first-order chi connectivity index (χ1) is 0. The SMILES string of the molecule is [Cr].[Cu].[Mg].[Mn].[Se].[Zn]. The first-order valence-electron chi connectivity index (χ1n) is 0. The number of hydrogen-bond donors (Lipinski definition) is 0. The quantitative estimate of drug-likeness (QED) is 0.509. The van der Waals surface area contributed by atoms with Crippen molar-refractivity contribution in [3.8, 4) is 0 Å². The Kier molecular flexibility index (Phi) is 367. The Morgan fingerprint density at radius 1 is 1.00 bits per heavy atom. The van der Waals surface area contributed by atoms with Crippen molar-refractivity contribution in [2.75, 3.05) is 0 Å². The molecule has 0 N–H and O–H groups in total. The molecule has 0 aliphatic heterocycles. The summed E-state index contributed by atoms with van der Waals surface area (Å²) in [5, 5.41) is 0. The summed E-state index contributed by atoms with van der Waals surface area (Å²) < 4.78 is 0. The molecular formula is CrCuMgMnSeZn. The molecule has 0 nitrogen and oxygen atoms in total. The van der Waals surface area contributed by atoms with Gasteiger partial charge < -0.3 is 0 Å². The Morgan fingerprint density at radius 3 is 1.00 bits per heavy atom. The van der Waals surface area contributed by atoms with E-state index in [1.807, 2.05) is 0 Å². The molecule has 0 aliphatic rings. The Hall–Kier alpha value is 3.48. The van der Waals surface area contributed by atoms with E-state index in [4.69, 9.17) is 0 Å². The predicted molar refractivity (Wildman–Crippen MR) is 11.5 cm³/mol. The van der Waals surface area contributed by atoms with Crippen LogP contribution in [0, 0.1) is 0 Å². The molecule has 0 rings (SSSR count). The Bertz CT molecular complexity index is 15.5. The predicted octanol–water partition coefficient (Wildman–Crippen LogP) is -0.772. The van der Waals surface area contributed by atoms with Gasteiger partial charge in [0.05, 0.1) is 0 Å². The van der Waals surface area contributed by atoms with E-state index in [2.05, 4.69) is 0 Å². The summed E-state index contributed by atoms with van der Waals surface area (Å²) in [6, 6.07) is 0. The van der Waals surface area contributed by atoms with Gasteiger partial charge in [-0.05, 0) is 0 Å². The number of rotatable bonds is 0. The first kappa shape index (κ1) is 56.3. The molecule has 6 heavy (non-hydrogen) atoms. The zero-order valence-electron chi connectivity index (χ0n) is 2.91. The minimum atomic E-state index is 0. The third kappa shape index (κ3) is 25.9. The molecule has 0 aromatic carbocycles. The summed E-state index contributed by atoms with van der Waals surface area (Å²) >= 11 is 0. The van der Waals surface area contributed by atoms with Gasteiger partial charge in [-0.2, -0.15) is 0 Å². The van der Waals surface area contributed by atoms with Gasteiger partial charge in [-0.1, -0.05) is 0 Å². The van der Waals surface area contributed by atoms with Crippen LogP contribution in [0.15, 0.2) is 0 Å². The summed E-state index contributed by atoms with van der Waals surface area (Å²) in [6.45, 7) is 0. The monoisotopic (exact) mass is 338 g/mol. The fraction of sp³-hybridized carbons (Fsp3) is 0. The topological polar surface area (TPSA) is 0 Å². The standard InChI is InChI=1S/Cr.Cu.Mg.Mn.Se.Zn. The zero-order valence-corrected chi connectivity index (χ0v) is 12.4. The van der Waals surface area contributed by atoms with Gasteiger partial charge in [0.15, 0.2) is 0 Å². The first-order valence-corrected chi connectivity index (χ1v) is 0. The minimum absolute atomic E-state index is 0. The van der Waals surface area contributed by atoms with Crippen LogP contribution < -0.4 is 0 Å². The Balaban J connectivity index is 0. The van der Waals surface area contributed by atoms with Crippen molar-refractivity contribution in [2.24, 2.45) is 0 Å². The second kappa shape index (κ2) is 39.2. The molecule has 6 heteroatoms. The fourth-order valence-corrected chi connectivity index (χ4v) is 0. The van der Waals surface area contributed by atoms with Gasteiger partial charge in [-0.3, -0.25) is 0 Å². The van der Waals surface area contributed by atoms with E-state index in [0.29, 0.717) is 0 Å². The van der Waals surface area contributed by atoms with E-state index >= 15 is 0 Å². The van der Waals surface area contributed by atoms with Gasteiger partial charge >= 0.3 is 0 Å². The molecule has 0 bridgehead atoms. The van der Waals surface area contributed by atoms with Gasteiger partial charge in [0, 0.05) is 111 Å². The maximum atomic E-state index is 0. The van der Waals surface area contributed by atoms with Gasteiger partial charge in [0.25, 0.3) is 0 Å². The molecule has 0 saturated heterocycles. The van der Waals surface area contributed by atoms with E-state index in [-0.39, 0.29) is 111 Å². The van der Waals surface area contributed by atoms with E-state index < -0.39 is 0 Å². The minimum Gasteiger partial charge on any atom is 0 e. The van der Waals surface area contributed by atoms with Crippen LogP contribution in [0.1, 0.15) is 0 Å². The van der Waals surface area contributed by atoms with Gasteiger partial charge in [-0.25, -0.2) is 0 Å². The van der Waals surface area contributed by atoms with Crippen LogP contribution in [0.25, 0.3) is 0 Å². The Morgan fingerprint density at radius 2 is 1.00 bits per heavy atom. The van der Waals surface area contributed by atoms with Crippen LogP contribution in [0.3, 0.4) is 0 Å². The zero-order chi connectivity index (χ0) is 0. The van der Waals surface area contributed by atoms with Crippen LogP contribution >= 0.6 is 0 Å². The van der Waals surface area contributed by atoms with Crippen LogP contribution in [-0.2, 0) is 71.0 Å². The van der Waals surface area contributed by atoms with Gasteiger partial charge in [0.1, 0.15) is 0 Å². The molecule has 0 aromatic rings. The van der Waals surface area contributed by atoms with Gasteiger partial charge in [0.2, 0.25) is 0 Å².